The van der Waals surface area contributed by atoms with Crippen LogP contribution >= 0.6 is 0 Å². The molecule has 1 aliphatic rings. The number of amides is 2. The monoisotopic (exact) mass is 363 g/mol. The number of alkyl halides is 1. The Morgan fingerprint density at radius 1 is 1.38 bits per heavy atom. The van der Waals surface area contributed by atoms with Crippen LogP contribution in [0.2, 0.25) is 0 Å². The lowest BCUT2D eigenvalue weighted by Gasteiger charge is -2.23. The minimum atomic E-state index is -1.10. The van der Waals surface area contributed by atoms with E-state index in [4.69, 9.17) is 0 Å². The van der Waals surface area contributed by atoms with Crippen LogP contribution in [0.5, 0.6) is 0 Å². The number of hydrogen-bond acceptors (Lipinski definition) is 5. The minimum Gasteiger partial charge on any atom is -0.348 e. The lowest BCUT2D eigenvalue weighted by atomic mass is 10.2. The van der Waals surface area contributed by atoms with Gasteiger partial charge >= 0.3 is 0 Å². The third-order valence-electron chi connectivity index (χ3n) is 4.15. The predicted octanol–water partition coefficient (Wildman–Crippen LogP) is 0.403. The Morgan fingerprint density at radius 3 is 2.81 bits per heavy atom. The molecule has 1 fully saturated rings. The molecule has 1 saturated heterocycles. The van der Waals surface area contributed by atoms with E-state index in [-0.39, 0.29) is 54.8 Å². The van der Waals surface area contributed by atoms with E-state index in [1.165, 1.54) is 20.5 Å². The van der Waals surface area contributed by atoms with Crippen LogP contribution < -0.4 is 5.32 Å². The standard InChI is InChI=1S/C16H22FN7O2/c1-10(2)18-15(25)14-9-23(21-19-14)8-12-6-11(17)7-24(12)16(26)13-4-5-22(3)20-13/h4-5,9-12H,6-8H2,1-3H3,(H,18,25)/t11-,12-/m0/s1. The highest BCUT2D eigenvalue weighted by Crippen LogP contribution is 2.23. The first-order chi connectivity index (χ1) is 12.3. The fourth-order valence-electron chi connectivity index (χ4n) is 3.00. The number of carbonyl (C=O) groups is 2. The summed E-state index contributed by atoms with van der Waals surface area (Å²) in [5.41, 5.74) is 0.471. The Hall–Kier alpha value is -2.78. The summed E-state index contributed by atoms with van der Waals surface area (Å²) < 4.78 is 17.0. The quantitative estimate of drug-likeness (QED) is 0.829. The van der Waals surface area contributed by atoms with Gasteiger partial charge in [0, 0.05) is 25.7 Å². The van der Waals surface area contributed by atoms with Crippen molar-refractivity contribution < 1.29 is 14.0 Å². The third-order valence-corrected chi connectivity index (χ3v) is 4.15. The smallest absolute Gasteiger partial charge is 0.274 e. The maximum atomic E-state index is 14.0. The van der Waals surface area contributed by atoms with Crippen molar-refractivity contribution in [1.29, 1.82) is 0 Å². The maximum absolute atomic E-state index is 14.0. The van der Waals surface area contributed by atoms with Crippen molar-refractivity contribution in [3.63, 3.8) is 0 Å². The third kappa shape index (κ3) is 3.89. The largest absolute Gasteiger partial charge is 0.348 e. The van der Waals surface area contributed by atoms with E-state index in [1.807, 2.05) is 13.8 Å². The number of aromatic nitrogens is 5. The van der Waals surface area contributed by atoms with Crippen LogP contribution in [0.1, 0.15) is 41.2 Å². The number of nitrogens with one attached hydrogen (secondary N) is 1. The number of halogens is 1. The molecule has 1 aliphatic heterocycles. The summed E-state index contributed by atoms with van der Waals surface area (Å²) in [6.07, 6.45) is 2.29. The molecule has 2 amide bonds. The second-order valence-corrected chi connectivity index (χ2v) is 6.77. The summed E-state index contributed by atoms with van der Waals surface area (Å²) in [6, 6.07) is 1.22. The fourth-order valence-corrected chi connectivity index (χ4v) is 3.00. The van der Waals surface area contributed by atoms with Crippen molar-refractivity contribution >= 4 is 11.8 Å². The Labute approximate surface area is 150 Å². The van der Waals surface area contributed by atoms with E-state index < -0.39 is 6.17 Å². The minimum absolute atomic E-state index is 0.0127. The molecule has 10 heteroatoms. The zero-order chi connectivity index (χ0) is 18.8. The molecule has 0 saturated carbocycles. The summed E-state index contributed by atoms with van der Waals surface area (Å²) in [5.74, 6) is -0.629. The number of carbonyl (C=O) groups excluding carboxylic acids is 2. The highest BCUT2D eigenvalue weighted by Gasteiger charge is 2.37. The van der Waals surface area contributed by atoms with E-state index in [0.717, 1.165) is 0 Å². The molecule has 0 spiro atoms. The van der Waals surface area contributed by atoms with Crippen LogP contribution in [0.3, 0.4) is 0 Å². The van der Waals surface area contributed by atoms with Gasteiger partial charge in [-0.05, 0) is 19.9 Å². The lowest BCUT2D eigenvalue weighted by Crippen LogP contribution is -2.38. The molecule has 9 nitrogen and oxygen atoms in total. The van der Waals surface area contributed by atoms with Crippen molar-refractivity contribution in [3.8, 4) is 0 Å². The summed E-state index contributed by atoms with van der Waals surface area (Å²) >= 11 is 0. The number of likely N-dealkylation sites (tertiary alicyclic amines) is 1. The van der Waals surface area contributed by atoms with Gasteiger partial charge in [-0.1, -0.05) is 5.21 Å². The molecular formula is C16H22FN7O2. The summed E-state index contributed by atoms with van der Waals surface area (Å²) in [5, 5.41) is 14.6. The Morgan fingerprint density at radius 2 is 2.15 bits per heavy atom. The number of rotatable bonds is 5. The molecule has 26 heavy (non-hydrogen) atoms. The first-order valence-electron chi connectivity index (χ1n) is 8.49. The highest BCUT2D eigenvalue weighted by atomic mass is 19.1. The molecule has 0 unspecified atom stereocenters. The summed E-state index contributed by atoms with van der Waals surface area (Å²) in [6.45, 7) is 3.99. The highest BCUT2D eigenvalue weighted by molar-refractivity contribution is 5.93. The molecule has 3 heterocycles. The van der Waals surface area contributed by atoms with Crippen molar-refractivity contribution in [2.24, 2.45) is 7.05 Å². The molecule has 1 N–H and O–H groups in total. The fraction of sp³-hybridized carbons (Fsp3) is 0.562. The van der Waals surface area contributed by atoms with Gasteiger partial charge < -0.3 is 10.2 Å². The van der Waals surface area contributed by atoms with Gasteiger partial charge in [-0.25, -0.2) is 9.07 Å². The van der Waals surface area contributed by atoms with E-state index in [0.29, 0.717) is 0 Å². The maximum Gasteiger partial charge on any atom is 0.274 e. The SMILES string of the molecule is CC(C)NC(=O)c1cn(C[C@@H]2C[C@H](F)CN2C(=O)c2ccn(C)n2)nn1. The van der Waals surface area contributed by atoms with Crippen molar-refractivity contribution in [2.45, 2.75) is 45.1 Å². The van der Waals surface area contributed by atoms with Crippen molar-refractivity contribution in [1.82, 2.24) is 35.0 Å². The number of hydrogen-bond donors (Lipinski definition) is 1. The zero-order valence-corrected chi connectivity index (χ0v) is 15.0. The molecule has 0 aliphatic carbocycles. The van der Waals surface area contributed by atoms with Crippen LogP contribution in [0.4, 0.5) is 4.39 Å². The van der Waals surface area contributed by atoms with Gasteiger partial charge in [0.15, 0.2) is 5.69 Å². The molecule has 0 radical (unpaired) electrons. The molecule has 140 valence electrons. The van der Waals surface area contributed by atoms with Crippen LogP contribution in [0, 0.1) is 0 Å². The van der Waals surface area contributed by atoms with Gasteiger partial charge in [0.05, 0.1) is 25.3 Å². The van der Waals surface area contributed by atoms with E-state index in [2.05, 4.69) is 20.7 Å². The lowest BCUT2D eigenvalue weighted by molar-refractivity contribution is 0.0707. The molecule has 2 aromatic rings. The van der Waals surface area contributed by atoms with Crippen LogP contribution in [-0.2, 0) is 13.6 Å². The average Bonchev–Trinajstić information content (AvgIpc) is 3.27. The van der Waals surface area contributed by atoms with Gasteiger partial charge in [-0.3, -0.25) is 14.3 Å². The number of nitrogens with zero attached hydrogens (tertiary/aromatic N) is 6. The van der Waals surface area contributed by atoms with Gasteiger partial charge in [0.2, 0.25) is 0 Å². The Bertz CT molecular complexity index is 800. The Kier molecular flexibility index (Phi) is 5.01. The normalized spacial score (nSPS) is 20.0. The average molecular weight is 363 g/mol. The Balaban J connectivity index is 1.70. The van der Waals surface area contributed by atoms with Gasteiger partial charge in [0.1, 0.15) is 11.9 Å². The molecule has 3 rings (SSSR count). The first-order valence-corrected chi connectivity index (χ1v) is 8.49. The van der Waals surface area contributed by atoms with Gasteiger partial charge in [-0.2, -0.15) is 5.10 Å². The van der Waals surface area contributed by atoms with Crippen LogP contribution in [0.25, 0.3) is 0 Å². The second-order valence-electron chi connectivity index (χ2n) is 6.77. The summed E-state index contributed by atoms with van der Waals surface area (Å²) in [4.78, 5) is 26.0. The zero-order valence-electron chi connectivity index (χ0n) is 15.0. The van der Waals surface area contributed by atoms with Crippen LogP contribution in [0.15, 0.2) is 18.5 Å². The van der Waals surface area contributed by atoms with Gasteiger partial charge in [-0.15, -0.1) is 5.10 Å². The van der Waals surface area contributed by atoms with Crippen molar-refractivity contribution in [2.75, 3.05) is 6.54 Å². The predicted molar refractivity (Wildman–Crippen MR) is 90.2 cm³/mol. The molecule has 0 aromatic carbocycles. The molecule has 2 aromatic heterocycles. The van der Waals surface area contributed by atoms with Gasteiger partial charge in [0.25, 0.3) is 11.8 Å². The number of aryl methyl sites for hydroxylation is 1. The summed E-state index contributed by atoms with van der Waals surface area (Å²) in [7, 11) is 1.72. The molecule has 0 bridgehead atoms. The second kappa shape index (κ2) is 7.22. The van der Waals surface area contributed by atoms with E-state index in [9.17, 15) is 14.0 Å². The first kappa shape index (κ1) is 18.0. The molecular weight excluding hydrogens is 341 g/mol. The topological polar surface area (TPSA) is 97.9 Å². The van der Waals surface area contributed by atoms with Crippen LogP contribution in [-0.4, -0.2) is 66.3 Å². The van der Waals surface area contributed by atoms with E-state index in [1.54, 1.807) is 19.3 Å². The molecule has 2 atom stereocenters. The van der Waals surface area contributed by atoms with E-state index >= 15 is 0 Å². The van der Waals surface area contributed by atoms with Crippen molar-refractivity contribution in [3.05, 3.63) is 29.8 Å².